The highest BCUT2D eigenvalue weighted by Gasteiger charge is 2.28. The molecule has 1 aliphatic heterocycles. The largest absolute Gasteiger partial charge is 0.488 e. The molecule has 4 rings (SSSR count). The third-order valence-electron chi connectivity index (χ3n) is 4.32. The van der Waals surface area contributed by atoms with E-state index in [-0.39, 0.29) is 17.9 Å². The van der Waals surface area contributed by atoms with Gasteiger partial charge in [0.05, 0.1) is 16.9 Å². The number of para-hydroxylation sites is 2. The van der Waals surface area contributed by atoms with Crippen LogP contribution >= 0.6 is 0 Å². The van der Waals surface area contributed by atoms with Gasteiger partial charge < -0.3 is 15.8 Å². The van der Waals surface area contributed by atoms with Crippen molar-refractivity contribution in [3.05, 3.63) is 65.4 Å². The molecule has 26 heavy (non-hydrogen) atoms. The molecule has 0 aliphatic carbocycles. The first-order valence-corrected chi connectivity index (χ1v) is 8.04. The van der Waals surface area contributed by atoms with Crippen molar-refractivity contribution in [2.24, 2.45) is 12.8 Å². The molecule has 0 saturated carbocycles. The predicted molar refractivity (Wildman–Crippen MR) is 95.9 cm³/mol. The SMILES string of the molecule is Cn1nc(C(=O)Nc2ccccc2C(N)=O)c2c1-c1ccccc1OC2. The molecule has 2 heterocycles. The predicted octanol–water partition coefficient (Wildman–Crippen LogP) is 2.33. The fourth-order valence-corrected chi connectivity index (χ4v) is 3.15. The molecule has 0 radical (unpaired) electrons. The topological polar surface area (TPSA) is 99.2 Å². The van der Waals surface area contributed by atoms with Gasteiger partial charge in [-0.1, -0.05) is 24.3 Å². The van der Waals surface area contributed by atoms with Crippen molar-refractivity contribution in [2.75, 3.05) is 5.32 Å². The first kappa shape index (κ1) is 15.9. The zero-order chi connectivity index (χ0) is 18.3. The molecule has 0 spiro atoms. The van der Waals surface area contributed by atoms with Gasteiger partial charge in [-0.3, -0.25) is 14.3 Å². The summed E-state index contributed by atoms with van der Waals surface area (Å²) >= 11 is 0. The Hall–Kier alpha value is -3.61. The summed E-state index contributed by atoms with van der Waals surface area (Å²) in [6.07, 6.45) is 0. The van der Waals surface area contributed by atoms with Gasteiger partial charge in [0.15, 0.2) is 5.69 Å². The van der Waals surface area contributed by atoms with Crippen molar-refractivity contribution in [1.82, 2.24) is 9.78 Å². The molecule has 7 nitrogen and oxygen atoms in total. The van der Waals surface area contributed by atoms with Crippen LogP contribution in [-0.4, -0.2) is 21.6 Å². The summed E-state index contributed by atoms with van der Waals surface area (Å²) in [6, 6.07) is 14.2. The lowest BCUT2D eigenvalue weighted by molar-refractivity contribution is 0.100. The summed E-state index contributed by atoms with van der Waals surface area (Å²) in [7, 11) is 1.79. The highest BCUT2D eigenvalue weighted by molar-refractivity contribution is 6.09. The molecule has 3 aromatic rings. The minimum absolute atomic E-state index is 0.243. The van der Waals surface area contributed by atoms with E-state index in [1.165, 1.54) is 0 Å². The highest BCUT2D eigenvalue weighted by atomic mass is 16.5. The lowest BCUT2D eigenvalue weighted by Gasteiger charge is -2.18. The number of nitrogens with one attached hydrogen (secondary N) is 1. The Morgan fingerprint density at radius 2 is 1.88 bits per heavy atom. The Labute approximate surface area is 149 Å². The Morgan fingerprint density at radius 1 is 1.15 bits per heavy atom. The summed E-state index contributed by atoms with van der Waals surface area (Å²) in [5.74, 6) is -0.270. The molecule has 0 unspecified atom stereocenters. The average Bonchev–Trinajstić information content (AvgIpc) is 2.99. The molecular formula is C19H16N4O3. The van der Waals surface area contributed by atoms with Crippen LogP contribution in [0.2, 0.25) is 0 Å². The molecule has 0 saturated heterocycles. The van der Waals surface area contributed by atoms with Crippen LogP contribution in [0.15, 0.2) is 48.5 Å². The average molecular weight is 348 g/mol. The first-order valence-electron chi connectivity index (χ1n) is 8.04. The number of carbonyl (C=O) groups excluding carboxylic acids is 2. The van der Waals surface area contributed by atoms with E-state index in [2.05, 4.69) is 10.4 Å². The second-order valence-electron chi connectivity index (χ2n) is 5.95. The molecule has 0 atom stereocenters. The van der Waals surface area contributed by atoms with Crippen molar-refractivity contribution >= 4 is 17.5 Å². The zero-order valence-electron chi connectivity index (χ0n) is 14.0. The van der Waals surface area contributed by atoms with Crippen molar-refractivity contribution in [1.29, 1.82) is 0 Å². The second-order valence-corrected chi connectivity index (χ2v) is 5.95. The molecule has 0 fully saturated rings. The standard InChI is InChI=1S/C19H16N4O3/c1-23-17-12-7-3-5-9-15(12)26-10-13(17)16(22-23)19(25)21-14-8-4-2-6-11(14)18(20)24/h2-9H,10H2,1H3,(H2,20,24)(H,21,25). The maximum atomic E-state index is 12.8. The van der Waals surface area contributed by atoms with Gasteiger partial charge in [-0.2, -0.15) is 5.10 Å². The second kappa shape index (κ2) is 6.03. The van der Waals surface area contributed by atoms with Gasteiger partial charge in [-0.25, -0.2) is 0 Å². The maximum absolute atomic E-state index is 12.8. The molecule has 1 aromatic heterocycles. The van der Waals surface area contributed by atoms with Gasteiger partial charge in [0, 0.05) is 18.2 Å². The Balaban J connectivity index is 1.73. The smallest absolute Gasteiger partial charge is 0.276 e. The number of hydrogen-bond donors (Lipinski definition) is 2. The minimum Gasteiger partial charge on any atom is -0.488 e. The summed E-state index contributed by atoms with van der Waals surface area (Å²) in [5, 5.41) is 7.09. The molecule has 3 N–H and O–H groups in total. The number of rotatable bonds is 3. The number of nitrogens with zero attached hydrogens (tertiary/aromatic N) is 2. The van der Waals surface area contributed by atoms with Crippen LogP contribution in [0.5, 0.6) is 5.75 Å². The number of ether oxygens (including phenoxy) is 1. The van der Waals surface area contributed by atoms with Crippen LogP contribution in [0, 0.1) is 0 Å². The van der Waals surface area contributed by atoms with Crippen LogP contribution < -0.4 is 15.8 Å². The fourth-order valence-electron chi connectivity index (χ4n) is 3.15. The number of benzene rings is 2. The van der Waals surface area contributed by atoms with E-state index in [1.807, 2.05) is 24.3 Å². The van der Waals surface area contributed by atoms with Crippen molar-refractivity contribution in [2.45, 2.75) is 6.61 Å². The van der Waals surface area contributed by atoms with Gasteiger partial charge in [0.1, 0.15) is 12.4 Å². The van der Waals surface area contributed by atoms with E-state index in [9.17, 15) is 9.59 Å². The highest BCUT2D eigenvalue weighted by Crippen LogP contribution is 2.38. The van der Waals surface area contributed by atoms with Crippen molar-refractivity contribution in [3.8, 4) is 17.0 Å². The van der Waals surface area contributed by atoms with Crippen LogP contribution in [-0.2, 0) is 13.7 Å². The van der Waals surface area contributed by atoms with Gasteiger partial charge in [-0.15, -0.1) is 0 Å². The van der Waals surface area contributed by atoms with E-state index in [0.29, 0.717) is 11.3 Å². The molecule has 7 heteroatoms. The fraction of sp³-hybridized carbons (Fsp3) is 0.105. The van der Waals surface area contributed by atoms with Crippen LogP contribution in [0.25, 0.3) is 11.3 Å². The lowest BCUT2D eigenvalue weighted by atomic mass is 10.0. The molecule has 130 valence electrons. The van der Waals surface area contributed by atoms with Crippen LogP contribution in [0.1, 0.15) is 26.4 Å². The molecular weight excluding hydrogens is 332 g/mol. The number of hydrogen-bond acceptors (Lipinski definition) is 4. The van der Waals surface area contributed by atoms with E-state index in [1.54, 1.807) is 36.0 Å². The molecule has 2 aromatic carbocycles. The third kappa shape index (κ3) is 2.50. The third-order valence-corrected chi connectivity index (χ3v) is 4.32. The lowest BCUT2D eigenvalue weighted by Crippen LogP contribution is -2.20. The molecule has 2 amide bonds. The number of amides is 2. The van der Waals surface area contributed by atoms with Gasteiger partial charge in [0.2, 0.25) is 0 Å². The number of aromatic nitrogens is 2. The number of fused-ring (bicyclic) bond motifs is 3. The van der Waals surface area contributed by atoms with Crippen molar-refractivity contribution < 1.29 is 14.3 Å². The zero-order valence-corrected chi connectivity index (χ0v) is 14.0. The Kier molecular flexibility index (Phi) is 3.69. The van der Waals surface area contributed by atoms with E-state index in [4.69, 9.17) is 10.5 Å². The van der Waals surface area contributed by atoms with Gasteiger partial charge in [-0.05, 0) is 24.3 Å². The van der Waals surface area contributed by atoms with Crippen LogP contribution in [0.3, 0.4) is 0 Å². The maximum Gasteiger partial charge on any atom is 0.276 e. The van der Waals surface area contributed by atoms with Gasteiger partial charge in [0.25, 0.3) is 11.8 Å². The van der Waals surface area contributed by atoms with E-state index < -0.39 is 11.8 Å². The van der Waals surface area contributed by atoms with Crippen molar-refractivity contribution in [3.63, 3.8) is 0 Å². The summed E-state index contributed by atoms with van der Waals surface area (Å²) in [4.78, 5) is 24.3. The van der Waals surface area contributed by atoms with E-state index in [0.717, 1.165) is 17.0 Å². The number of primary amides is 1. The van der Waals surface area contributed by atoms with Gasteiger partial charge >= 0.3 is 0 Å². The quantitative estimate of drug-likeness (QED) is 0.759. The minimum atomic E-state index is -0.610. The normalized spacial score (nSPS) is 11.9. The number of carbonyl (C=O) groups is 2. The number of anilines is 1. The Morgan fingerprint density at radius 3 is 2.69 bits per heavy atom. The number of aryl methyl sites for hydroxylation is 1. The first-order chi connectivity index (χ1) is 12.6. The monoisotopic (exact) mass is 348 g/mol. The summed E-state index contributed by atoms with van der Waals surface area (Å²) in [5.41, 5.74) is 8.66. The van der Waals surface area contributed by atoms with Crippen LogP contribution in [0.4, 0.5) is 5.69 Å². The summed E-state index contributed by atoms with van der Waals surface area (Å²) < 4.78 is 7.43. The van der Waals surface area contributed by atoms with E-state index >= 15 is 0 Å². The molecule has 0 bridgehead atoms. The molecule has 1 aliphatic rings. The number of nitrogens with two attached hydrogens (primary N) is 1. The Bertz CT molecular complexity index is 1040. The summed E-state index contributed by atoms with van der Waals surface area (Å²) in [6.45, 7) is 0.250.